The van der Waals surface area contributed by atoms with Crippen molar-refractivity contribution in [3.63, 3.8) is 0 Å². The molecule has 0 amide bonds. The van der Waals surface area contributed by atoms with Gasteiger partial charge in [0.1, 0.15) is 5.69 Å². The number of methoxy groups -OCH3 is 1. The molecule has 0 aromatic carbocycles. The highest BCUT2D eigenvalue weighted by molar-refractivity contribution is 5.97. The highest BCUT2D eigenvalue weighted by atomic mass is 16.5. The van der Waals surface area contributed by atoms with Gasteiger partial charge in [0.15, 0.2) is 11.5 Å². The van der Waals surface area contributed by atoms with Crippen LogP contribution in [-0.2, 0) is 6.54 Å². The summed E-state index contributed by atoms with van der Waals surface area (Å²) in [6.45, 7) is 7.67. The predicted octanol–water partition coefficient (Wildman–Crippen LogP) is 2.50. The van der Waals surface area contributed by atoms with E-state index in [1.54, 1.807) is 18.0 Å². The summed E-state index contributed by atoms with van der Waals surface area (Å²) >= 11 is 0. The third-order valence-electron chi connectivity index (χ3n) is 3.81. The van der Waals surface area contributed by atoms with E-state index in [-0.39, 0.29) is 5.78 Å². The molecule has 0 aliphatic rings. The van der Waals surface area contributed by atoms with Gasteiger partial charge in [0, 0.05) is 13.0 Å². The third kappa shape index (κ3) is 4.07. The molecule has 0 spiro atoms. The molecule has 0 saturated heterocycles. The summed E-state index contributed by atoms with van der Waals surface area (Å²) in [5, 5.41) is 4.18. The number of nitrogens with two attached hydrogens (primary N) is 1. The van der Waals surface area contributed by atoms with Gasteiger partial charge in [-0.05, 0) is 38.1 Å². The molecule has 0 bridgehead atoms. The summed E-state index contributed by atoms with van der Waals surface area (Å²) < 4.78 is 6.93. The van der Waals surface area contributed by atoms with E-state index in [1.807, 2.05) is 6.92 Å². The molecule has 0 aliphatic carbocycles. The van der Waals surface area contributed by atoms with Crippen LogP contribution < -0.4 is 10.5 Å². The number of aryl methyl sites for hydroxylation is 1. The van der Waals surface area contributed by atoms with Crippen LogP contribution in [0.5, 0.6) is 5.75 Å². The van der Waals surface area contributed by atoms with Crippen LogP contribution in [0.25, 0.3) is 0 Å². The second-order valence-electron chi connectivity index (χ2n) is 5.42. The summed E-state index contributed by atoms with van der Waals surface area (Å²) in [5.74, 6) is 1.71. The van der Waals surface area contributed by atoms with E-state index in [0.717, 1.165) is 12.8 Å². The van der Waals surface area contributed by atoms with Crippen molar-refractivity contribution in [3.05, 3.63) is 11.9 Å². The lowest BCUT2D eigenvalue weighted by Gasteiger charge is -2.19. The average molecular weight is 281 g/mol. The van der Waals surface area contributed by atoms with Gasteiger partial charge in [0.05, 0.1) is 13.3 Å². The number of rotatable bonds is 9. The number of hydrogen-bond acceptors (Lipinski definition) is 4. The second-order valence-corrected chi connectivity index (χ2v) is 5.42. The number of hydrogen-bond donors (Lipinski definition) is 1. The molecule has 1 atom stereocenters. The number of carbonyl (C=O) groups is 1. The number of nitrogens with zero attached hydrogens (tertiary/aromatic N) is 2. The Bertz CT molecular complexity index is 405. The van der Waals surface area contributed by atoms with Crippen molar-refractivity contribution in [2.75, 3.05) is 13.7 Å². The van der Waals surface area contributed by atoms with E-state index in [9.17, 15) is 4.79 Å². The zero-order chi connectivity index (χ0) is 15.1. The van der Waals surface area contributed by atoms with E-state index >= 15 is 0 Å². The third-order valence-corrected chi connectivity index (χ3v) is 3.81. The van der Waals surface area contributed by atoms with Crippen LogP contribution in [0.15, 0.2) is 6.20 Å². The summed E-state index contributed by atoms with van der Waals surface area (Å²) in [4.78, 5) is 12.4. The van der Waals surface area contributed by atoms with Crippen LogP contribution in [0.3, 0.4) is 0 Å². The summed E-state index contributed by atoms with van der Waals surface area (Å²) in [6, 6.07) is 0. The monoisotopic (exact) mass is 281 g/mol. The smallest absolute Gasteiger partial charge is 0.184 e. The van der Waals surface area contributed by atoms with Gasteiger partial charge in [-0.3, -0.25) is 9.48 Å². The fraction of sp³-hybridized carbons (Fsp3) is 0.733. The minimum atomic E-state index is 0.101. The first-order valence-corrected chi connectivity index (χ1v) is 7.38. The van der Waals surface area contributed by atoms with Crippen molar-refractivity contribution < 1.29 is 9.53 Å². The van der Waals surface area contributed by atoms with Crippen LogP contribution in [-0.4, -0.2) is 29.2 Å². The fourth-order valence-corrected chi connectivity index (χ4v) is 2.50. The Balaban J connectivity index is 2.73. The highest BCUT2D eigenvalue weighted by Crippen LogP contribution is 2.24. The van der Waals surface area contributed by atoms with Gasteiger partial charge in [-0.1, -0.05) is 13.8 Å². The van der Waals surface area contributed by atoms with E-state index in [1.165, 1.54) is 0 Å². The Morgan fingerprint density at radius 2 is 2.15 bits per heavy atom. The first-order valence-electron chi connectivity index (χ1n) is 7.38. The molecule has 0 fully saturated rings. The van der Waals surface area contributed by atoms with E-state index in [0.29, 0.717) is 42.8 Å². The maximum atomic E-state index is 12.4. The molecule has 0 saturated carbocycles. The Labute approximate surface area is 121 Å². The van der Waals surface area contributed by atoms with Crippen molar-refractivity contribution in [1.29, 1.82) is 0 Å². The Hall–Kier alpha value is -1.36. The van der Waals surface area contributed by atoms with Gasteiger partial charge in [-0.15, -0.1) is 0 Å². The molecule has 2 N–H and O–H groups in total. The molecule has 0 aliphatic heterocycles. The van der Waals surface area contributed by atoms with Gasteiger partial charge < -0.3 is 10.5 Å². The second kappa shape index (κ2) is 8.04. The lowest BCUT2D eigenvalue weighted by atomic mass is 9.87. The largest absolute Gasteiger partial charge is 0.493 e. The van der Waals surface area contributed by atoms with Crippen molar-refractivity contribution in [3.8, 4) is 5.75 Å². The van der Waals surface area contributed by atoms with Gasteiger partial charge in [-0.25, -0.2) is 0 Å². The van der Waals surface area contributed by atoms with Crippen molar-refractivity contribution in [2.45, 2.75) is 46.6 Å². The summed E-state index contributed by atoms with van der Waals surface area (Å²) in [5.41, 5.74) is 6.23. The van der Waals surface area contributed by atoms with Crippen LogP contribution in [0.4, 0.5) is 0 Å². The van der Waals surface area contributed by atoms with E-state index < -0.39 is 0 Å². The quantitative estimate of drug-likeness (QED) is 0.706. The molecule has 114 valence electrons. The molecule has 0 radical (unpaired) electrons. The van der Waals surface area contributed by atoms with Crippen molar-refractivity contribution in [2.24, 2.45) is 17.6 Å². The van der Waals surface area contributed by atoms with Crippen molar-refractivity contribution in [1.82, 2.24) is 9.78 Å². The Morgan fingerprint density at radius 3 is 2.65 bits per heavy atom. The molecule has 20 heavy (non-hydrogen) atoms. The normalized spacial score (nSPS) is 12.7. The SMILES string of the molecule is CCn1ncc(OC)c1C(=O)CCC(CCN)C(C)C. The average Bonchev–Trinajstić information content (AvgIpc) is 2.85. The molecule has 1 aromatic rings. The van der Waals surface area contributed by atoms with Crippen molar-refractivity contribution >= 4 is 5.78 Å². The molecular weight excluding hydrogens is 254 g/mol. The summed E-state index contributed by atoms with van der Waals surface area (Å²) in [7, 11) is 1.57. The molecule has 1 rings (SSSR count). The zero-order valence-electron chi connectivity index (χ0n) is 13.1. The number of aromatic nitrogens is 2. The topological polar surface area (TPSA) is 70.1 Å². The molecular formula is C15H27N3O2. The predicted molar refractivity (Wildman–Crippen MR) is 80.0 cm³/mol. The minimum absolute atomic E-state index is 0.101. The standard InChI is InChI=1S/C15H27N3O2/c1-5-18-15(14(20-4)10-17-18)13(19)7-6-12(8-9-16)11(2)3/h10-12H,5-9,16H2,1-4H3. The van der Waals surface area contributed by atoms with E-state index in [4.69, 9.17) is 10.5 Å². The minimum Gasteiger partial charge on any atom is -0.493 e. The first-order chi connectivity index (χ1) is 9.54. The molecule has 5 heteroatoms. The molecule has 1 heterocycles. The number of ketones is 1. The lowest BCUT2D eigenvalue weighted by molar-refractivity contribution is 0.0955. The number of carbonyl (C=O) groups excluding carboxylic acids is 1. The number of ether oxygens (including phenoxy) is 1. The van der Waals surface area contributed by atoms with Crippen LogP contribution in [0, 0.1) is 11.8 Å². The van der Waals surface area contributed by atoms with Gasteiger partial charge >= 0.3 is 0 Å². The van der Waals surface area contributed by atoms with Crippen LogP contribution in [0.2, 0.25) is 0 Å². The molecule has 5 nitrogen and oxygen atoms in total. The van der Waals surface area contributed by atoms with Gasteiger partial charge in [0.2, 0.25) is 0 Å². The van der Waals surface area contributed by atoms with Gasteiger partial charge in [-0.2, -0.15) is 5.10 Å². The van der Waals surface area contributed by atoms with E-state index in [2.05, 4.69) is 18.9 Å². The fourth-order valence-electron chi connectivity index (χ4n) is 2.50. The molecule has 1 unspecified atom stereocenters. The summed E-state index contributed by atoms with van der Waals surface area (Å²) in [6.07, 6.45) is 3.96. The Kier molecular flexibility index (Phi) is 6.71. The highest BCUT2D eigenvalue weighted by Gasteiger charge is 2.21. The maximum Gasteiger partial charge on any atom is 0.184 e. The number of Topliss-reactive ketones (excluding diaryl/α,β-unsaturated/α-hetero) is 1. The Morgan fingerprint density at radius 1 is 1.45 bits per heavy atom. The van der Waals surface area contributed by atoms with Crippen LogP contribution >= 0.6 is 0 Å². The lowest BCUT2D eigenvalue weighted by Crippen LogP contribution is -2.17. The van der Waals surface area contributed by atoms with Crippen LogP contribution in [0.1, 0.15) is 50.5 Å². The zero-order valence-corrected chi connectivity index (χ0v) is 13.1. The maximum absolute atomic E-state index is 12.4. The molecule has 1 aromatic heterocycles. The van der Waals surface area contributed by atoms with Gasteiger partial charge in [0.25, 0.3) is 0 Å². The first kappa shape index (κ1) is 16.7.